The second-order valence-electron chi connectivity index (χ2n) is 5.90. The molecule has 1 aliphatic heterocycles. The number of anilines is 1. The highest BCUT2D eigenvalue weighted by Gasteiger charge is 2.21. The van der Waals surface area contributed by atoms with E-state index in [9.17, 15) is 0 Å². The van der Waals surface area contributed by atoms with Crippen LogP contribution in [0.3, 0.4) is 0 Å². The second kappa shape index (κ2) is 9.33. The molecule has 0 spiro atoms. The Morgan fingerprint density at radius 3 is 2.35 bits per heavy atom. The lowest BCUT2D eigenvalue weighted by Gasteiger charge is -2.36. The summed E-state index contributed by atoms with van der Waals surface area (Å²) in [5, 5.41) is 3.44. The van der Waals surface area contributed by atoms with Crippen molar-refractivity contribution >= 4 is 11.9 Å². The van der Waals surface area contributed by atoms with E-state index in [1.54, 1.807) is 12.4 Å². The van der Waals surface area contributed by atoms with E-state index in [1.807, 2.05) is 6.07 Å². The summed E-state index contributed by atoms with van der Waals surface area (Å²) in [5.41, 5.74) is 0. The molecule has 1 aromatic heterocycles. The molecule has 0 aromatic carbocycles. The Morgan fingerprint density at radius 2 is 1.78 bits per heavy atom. The van der Waals surface area contributed by atoms with Crippen LogP contribution in [0.25, 0.3) is 0 Å². The van der Waals surface area contributed by atoms with Gasteiger partial charge in [-0.25, -0.2) is 9.97 Å². The molecule has 1 saturated heterocycles. The molecule has 0 aliphatic carbocycles. The van der Waals surface area contributed by atoms with Gasteiger partial charge in [-0.15, -0.1) is 0 Å². The zero-order valence-corrected chi connectivity index (χ0v) is 14.7. The molecule has 1 fully saturated rings. The normalized spacial score (nSPS) is 16.1. The van der Waals surface area contributed by atoms with Crippen LogP contribution in [0, 0.1) is 5.92 Å². The van der Waals surface area contributed by atoms with Crippen molar-refractivity contribution in [2.45, 2.75) is 33.6 Å². The SMILES string of the molecule is CCNC(=NCC(CC)CC)N1CCN(c2ncccn2)CC1. The molecule has 23 heavy (non-hydrogen) atoms. The Bertz CT molecular complexity index is 463. The van der Waals surface area contributed by atoms with Gasteiger partial charge in [-0.2, -0.15) is 0 Å². The van der Waals surface area contributed by atoms with Crippen molar-refractivity contribution in [3.05, 3.63) is 18.5 Å². The summed E-state index contributed by atoms with van der Waals surface area (Å²) in [6.07, 6.45) is 5.99. The van der Waals surface area contributed by atoms with Gasteiger partial charge >= 0.3 is 0 Å². The van der Waals surface area contributed by atoms with Gasteiger partial charge in [-0.05, 0) is 18.9 Å². The van der Waals surface area contributed by atoms with Crippen LogP contribution in [0.15, 0.2) is 23.5 Å². The first-order valence-corrected chi connectivity index (χ1v) is 8.83. The third-order valence-electron chi connectivity index (χ3n) is 4.40. The van der Waals surface area contributed by atoms with Crippen molar-refractivity contribution in [1.29, 1.82) is 0 Å². The summed E-state index contributed by atoms with van der Waals surface area (Å²) in [5.74, 6) is 2.56. The van der Waals surface area contributed by atoms with E-state index in [1.165, 1.54) is 12.8 Å². The average molecular weight is 318 g/mol. The Morgan fingerprint density at radius 1 is 1.13 bits per heavy atom. The number of nitrogens with one attached hydrogen (secondary N) is 1. The molecule has 128 valence electrons. The van der Waals surface area contributed by atoms with E-state index in [2.05, 4.69) is 45.9 Å². The van der Waals surface area contributed by atoms with E-state index < -0.39 is 0 Å². The molecule has 0 radical (unpaired) electrons. The third-order valence-corrected chi connectivity index (χ3v) is 4.40. The molecule has 0 amide bonds. The monoisotopic (exact) mass is 318 g/mol. The highest BCUT2D eigenvalue weighted by Crippen LogP contribution is 2.11. The van der Waals surface area contributed by atoms with Gasteiger partial charge in [0.2, 0.25) is 5.95 Å². The van der Waals surface area contributed by atoms with Crippen LogP contribution in [-0.4, -0.2) is 60.1 Å². The highest BCUT2D eigenvalue weighted by atomic mass is 15.4. The number of guanidine groups is 1. The minimum Gasteiger partial charge on any atom is -0.357 e. The maximum Gasteiger partial charge on any atom is 0.225 e. The predicted molar refractivity (Wildman–Crippen MR) is 95.9 cm³/mol. The lowest BCUT2D eigenvalue weighted by molar-refractivity contribution is 0.368. The summed E-state index contributed by atoms with van der Waals surface area (Å²) >= 11 is 0. The molecule has 0 unspecified atom stereocenters. The maximum absolute atomic E-state index is 4.86. The van der Waals surface area contributed by atoms with Gasteiger partial charge in [0.25, 0.3) is 0 Å². The third kappa shape index (κ3) is 5.08. The zero-order valence-electron chi connectivity index (χ0n) is 14.7. The fraction of sp³-hybridized carbons (Fsp3) is 0.706. The smallest absolute Gasteiger partial charge is 0.225 e. The van der Waals surface area contributed by atoms with Crippen molar-refractivity contribution in [2.75, 3.05) is 44.2 Å². The van der Waals surface area contributed by atoms with Gasteiger partial charge in [0.05, 0.1) is 0 Å². The van der Waals surface area contributed by atoms with Crippen molar-refractivity contribution < 1.29 is 0 Å². The van der Waals surface area contributed by atoms with Crippen LogP contribution in [-0.2, 0) is 0 Å². The first kappa shape index (κ1) is 17.5. The van der Waals surface area contributed by atoms with E-state index in [4.69, 9.17) is 4.99 Å². The quantitative estimate of drug-likeness (QED) is 0.642. The Kier molecular flexibility index (Phi) is 7.10. The number of hydrogen-bond donors (Lipinski definition) is 1. The fourth-order valence-corrected chi connectivity index (χ4v) is 2.76. The molecular formula is C17H30N6. The van der Waals surface area contributed by atoms with E-state index in [0.29, 0.717) is 5.92 Å². The lowest BCUT2D eigenvalue weighted by Crippen LogP contribution is -2.53. The van der Waals surface area contributed by atoms with Crippen LogP contribution >= 0.6 is 0 Å². The number of aromatic nitrogens is 2. The predicted octanol–water partition coefficient (Wildman–Crippen LogP) is 2.00. The van der Waals surface area contributed by atoms with E-state index in [-0.39, 0.29) is 0 Å². The number of piperazine rings is 1. The molecule has 2 rings (SSSR count). The Balaban J connectivity index is 1.93. The van der Waals surface area contributed by atoms with Gasteiger partial charge < -0.3 is 15.1 Å². The fourth-order valence-electron chi connectivity index (χ4n) is 2.76. The molecule has 0 atom stereocenters. The minimum absolute atomic E-state index is 0.683. The van der Waals surface area contributed by atoms with Gasteiger partial charge in [0.1, 0.15) is 0 Å². The largest absolute Gasteiger partial charge is 0.357 e. The summed E-state index contributed by atoms with van der Waals surface area (Å²) in [6.45, 7) is 12.2. The topological polar surface area (TPSA) is 56.7 Å². The Labute approximate surface area is 140 Å². The van der Waals surface area contributed by atoms with Crippen LogP contribution < -0.4 is 10.2 Å². The molecule has 1 aliphatic rings. The lowest BCUT2D eigenvalue weighted by atomic mass is 10.0. The van der Waals surface area contributed by atoms with Gasteiger partial charge in [-0.1, -0.05) is 26.7 Å². The van der Waals surface area contributed by atoms with Crippen LogP contribution in [0.1, 0.15) is 33.6 Å². The first-order chi connectivity index (χ1) is 11.3. The minimum atomic E-state index is 0.683. The number of nitrogens with zero attached hydrogens (tertiary/aromatic N) is 5. The van der Waals surface area contributed by atoms with Crippen molar-refractivity contribution in [3.8, 4) is 0 Å². The molecule has 2 heterocycles. The first-order valence-electron chi connectivity index (χ1n) is 8.83. The molecule has 1 aromatic rings. The number of rotatable bonds is 6. The van der Waals surface area contributed by atoms with Crippen molar-refractivity contribution in [3.63, 3.8) is 0 Å². The molecule has 0 saturated carbocycles. The van der Waals surface area contributed by atoms with E-state index >= 15 is 0 Å². The standard InChI is InChI=1S/C17H30N6/c1-4-15(5-2)14-21-16(18-6-3)22-10-12-23(13-11-22)17-19-8-7-9-20-17/h7-9,15H,4-6,10-14H2,1-3H3,(H,18,21). The summed E-state index contributed by atoms with van der Waals surface area (Å²) in [7, 11) is 0. The van der Waals surface area contributed by atoms with Gasteiger partial charge in [0.15, 0.2) is 5.96 Å². The van der Waals surface area contributed by atoms with Gasteiger partial charge in [0, 0.05) is 51.7 Å². The highest BCUT2D eigenvalue weighted by molar-refractivity contribution is 5.80. The molecular weight excluding hydrogens is 288 g/mol. The van der Waals surface area contributed by atoms with Crippen LogP contribution in [0.5, 0.6) is 0 Å². The number of aliphatic imine (C=N–C) groups is 1. The summed E-state index contributed by atoms with van der Waals surface area (Å²) < 4.78 is 0. The molecule has 0 bridgehead atoms. The average Bonchev–Trinajstić information content (AvgIpc) is 2.62. The van der Waals surface area contributed by atoms with Crippen molar-refractivity contribution in [2.24, 2.45) is 10.9 Å². The zero-order chi connectivity index (χ0) is 16.5. The second-order valence-corrected chi connectivity index (χ2v) is 5.90. The maximum atomic E-state index is 4.86. The number of hydrogen-bond acceptors (Lipinski definition) is 4. The molecule has 6 heteroatoms. The van der Waals surface area contributed by atoms with Crippen LogP contribution in [0.4, 0.5) is 5.95 Å². The van der Waals surface area contributed by atoms with E-state index in [0.717, 1.165) is 51.2 Å². The van der Waals surface area contributed by atoms with Crippen LogP contribution in [0.2, 0.25) is 0 Å². The summed E-state index contributed by atoms with van der Waals surface area (Å²) in [4.78, 5) is 18.1. The molecule has 1 N–H and O–H groups in total. The van der Waals surface area contributed by atoms with Gasteiger partial charge in [-0.3, -0.25) is 4.99 Å². The Hall–Kier alpha value is -1.85. The summed E-state index contributed by atoms with van der Waals surface area (Å²) in [6, 6.07) is 1.85. The molecule has 6 nitrogen and oxygen atoms in total. The van der Waals surface area contributed by atoms with Crippen molar-refractivity contribution in [1.82, 2.24) is 20.2 Å².